The molecule has 182 valence electrons. The van der Waals surface area contributed by atoms with Crippen LogP contribution in [0, 0.1) is 11.8 Å². The minimum absolute atomic E-state index is 0.00374. The van der Waals surface area contributed by atoms with Crippen molar-refractivity contribution < 1.29 is 29.0 Å². The highest BCUT2D eigenvalue weighted by molar-refractivity contribution is 5.99. The molecular formula is C25H36N2O6. The average Bonchev–Trinajstić information content (AvgIpc) is 3.20. The van der Waals surface area contributed by atoms with Gasteiger partial charge in [-0.15, -0.1) is 0 Å². The van der Waals surface area contributed by atoms with Crippen LogP contribution in [-0.2, 0) is 23.9 Å². The number of aliphatic hydroxyl groups is 1. The second-order valence-electron chi connectivity index (χ2n) is 9.60. The first-order chi connectivity index (χ1) is 15.9. The van der Waals surface area contributed by atoms with Gasteiger partial charge in [-0.25, -0.2) is 0 Å². The quantitative estimate of drug-likeness (QED) is 0.480. The zero-order valence-electron chi connectivity index (χ0n) is 19.8. The van der Waals surface area contributed by atoms with E-state index in [1.165, 1.54) is 4.90 Å². The molecule has 0 radical (unpaired) electrons. The Balaban J connectivity index is 1.83. The van der Waals surface area contributed by atoms with Gasteiger partial charge in [0, 0.05) is 12.6 Å². The van der Waals surface area contributed by atoms with E-state index < -0.39 is 41.6 Å². The highest BCUT2D eigenvalue weighted by atomic mass is 16.6. The second-order valence-corrected chi connectivity index (χ2v) is 9.60. The molecule has 8 nitrogen and oxygen atoms in total. The van der Waals surface area contributed by atoms with Crippen molar-refractivity contribution in [2.75, 3.05) is 19.8 Å². The second kappa shape index (κ2) is 9.58. The van der Waals surface area contributed by atoms with Crippen molar-refractivity contribution in [2.24, 2.45) is 11.8 Å². The normalized spacial score (nSPS) is 36.7. The maximum absolute atomic E-state index is 14.0. The van der Waals surface area contributed by atoms with Crippen molar-refractivity contribution in [1.82, 2.24) is 9.80 Å². The predicted octanol–water partition coefficient (Wildman–Crippen LogP) is 1.82. The summed E-state index contributed by atoms with van der Waals surface area (Å²) in [7, 11) is 0. The lowest BCUT2D eigenvalue weighted by molar-refractivity contribution is -0.156. The molecule has 4 heterocycles. The van der Waals surface area contributed by atoms with Crippen LogP contribution in [0.3, 0.4) is 0 Å². The molecule has 33 heavy (non-hydrogen) atoms. The molecule has 1 spiro atoms. The molecule has 7 atom stereocenters. The number of cyclic esters (lactones) is 1. The van der Waals surface area contributed by atoms with Gasteiger partial charge in [0.05, 0.1) is 31.3 Å². The molecule has 4 aliphatic heterocycles. The summed E-state index contributed by atoms with van der Waals surface area (Å²) in [6.45, 7) is 6.42. The predicted molar refractivity (Wildman–Crippen MR) is 121 cm³/mol. The summed E-state index contributed by atoms with van der Waals surface area (Å²) in [6.07, 6.45) is 10.6. The molecule has 2 saturated heterocycles. The van der Waals surface area contributed by atoms with Gasteiger partial charge >= 0.3 is 5.97 Å². The number of aliphatic hydroxyl groups excluding tert-OH is 1. The van der Waals surface area contributed by atoms with Gasteiger partial charge in [0.15, 0.2) is 0 Å². The number of nitrogens with zero attached hydrogens (tertiary/aromatic N) is 2. The summed E-state index contributed by atoms with van der Waals surface area (Å²) in [6, 6.07) is -1.47. The Labute approximate surface area is 195 Å². The molecule has 1 N–H and O–H groups in total. The monoisotopic (exact) mass is 460 g/mol. The van der Waals surface area contributed by atoms with E-state index in [1.807, 2.05) is 38.2 Å². The lowest BCUT2D eigenvalue weighted by atomic mass is 9.78. The van der Waals surface area contributed by atoms with Crippen LogP contribution < -0.4 is 0 Å². The maximum Gasteiger partial charge on any atom is 0.312 e. The van der Waals surface area contributed by atoms with E-state index in [4.69, 9.17) is 9.47 Å². The summed E-state index contributed by atoms with van der Waals surface area (Å²) in [5.74, 6) is -2.66. The number of esters is 1. The van der Waals surface area contributed by atoms with E-state index in [2.05, 4.69) is 6.92 Å². The van der Waals surface area contributed by atoms with Crippen molar-refractivity contribution in [3.05, 3.63) is 24.3 Å². The number of fused-ring (bicyclic) bond motifs is 2. The number of amides is 2. The van der Waals surface area contributed by atoms with Crippen LogP contribution in [0.5, 0.6) is 0 Å². The van der Waals surface area contributed by atoms with Crippen molar-refractivity contribution in [3.63, 3.8) is 0 Å². The molecular weight excluding hydrogens is 424 g/mol. The van der Waals surface area contributed by atoms with Crippen LogP contribution in [0.4, 0.5) is 0 Å². The summed E-state index contributed by atoms with van der Waals surface area (Å²) in [4.78, 5) is 44.4. The molecule has 2 fully saturated rings. The largest absolute Gasteiger partial charge is 0.465 e. The minimum atomic E-state index is -1.27. The zero-order chi connectivity index (χ0) is 23.8. The molecule has 0 saturated carbocycles. The smallest absolute Gasteiger partial charge is 0.312 e. The SMILES string of the molecule is CCCC(C)N1CC=C[C@]23O[C@@H]4/C=C\CCCOC(=O)[C@@H]4[C@H]2C(=O)N([C@@H](CC)CO)C3C1=O. The lowest BCUT2D eigenvalue weighted by Crippen LogP contribution is -2.59. The molecule has 0 aromatic rings. The molecule has 0 aromatic carbocycles. The van der Waals surface area contributed by atoms with Gasteiger partial charge in [-0.2, -0.15) is 0 Å². The first-order valence-corrected chi connectivity index (χ1v) is 12.3. The summed E-state index contributed by atoms with van der Waals surface area (Å²) < 4.78 is 12.1. The Morgan fingerprint density at radius 2 is 2.00 bits per heavy atom. The van der Waals surface area contributed by atoms with E-state index in [1.54, 1.807) is 4.90 Å². The summed E-state index contributed by atoms with van der Waals surface area (Å²) >= 11 is 0. The molecule has 0 aliphatic carbocycles. The fourth-order valence-electron chi connectivity index (χ4n) is 5.99. The van der Waals surface area contributed by atoms with Gasteiger partial charge in [0.25, 0.3) is 0 Å². The number of carbonyl (C=O) groups is 3. The number of carbonyl (C=O) groups excluding carboxylic acids is 3. The van der Waals surface area contributed by atoms with E-state index in [9.17, 15) is 19.5 Å². The van der Waals surface area contributed by atoms with Crippen LogP contribution in [0.1, 0.15) is 52.9 Å². The van der Waals surface area contributed by atoms with E-state index >= 15 is 0 Å². The standard InChI is InChI=1S/C25H36N2O6/c1-4-10-16(3)26-13-9-12-25-20(19-18(33-25)11-7-6-8-14-32-24(19)31)22(29)27(17(5-2)15-28)21(25)23(26)30/h7,9,11-12,16-21,28H,4-6,8,10,13-15H2,1-3H3/b11-7-/t16?,17-,18+,19-,20-,21?,25-/m0/s1. The van der Waals surface area contributed by atoms with Crippen LogP contribution in [0.15, 0.2) is 24.3 Å². The van der Waals surface area contributed by atoms with Crippen LogP contribution >= 0.6 is 0 Å². The van der Waals surface area contributed by atoms with Crippen LogP contribution in [-0.4, -0.2) is 82.3 Å². The van der Waals surface area contributed by atoms with Crippen LogP contribution in [0.25, 0.3) is 0 Å². The van der Waals surface area contributed by atoms with Crippen LogP contribution in [0.2, 0.25) is 0 Å². The van der Waals surface area contributed by atoms with Crippen molar-refractivity contribution in [2.45, 2.75) is 82.7 Å². The highest BCUT2D eigenvalue weighted by Crippen LogP contribution is 2.53. The number of hydrogen-bond donors (Lipinski definition) is 1. The Kier molecular flexibility index (Phi) is 6.96. The highest BCUT2D eigenvalue weighted by Gasteiger charge is 2.72. The van der Waals surface area contributed by atoms with Gasteiger partial charge in [0.2, 0.25) is 11.8 Å². The van der Waals surface area contributed by atoms with E-state index in [0.717, 1.165) is 19.3 Å². The fraction of sp³-hybridized carbons (Fsp3) is 0.720. The lowest BCUT2D eigenvalue weighted by Gasteiger charge is -2.39. The number of rotatable bonds is 6. The fourth-order valence-corrected chi connectivity index (χ4v) is 5.99. The molecule has 0 bridgehead atoms. The number of hydrogen-bond acceptors (Lipinski definition) is 6. The summed E-state index contributed by atoms with van der Waals surface area (Å²) in [5.41, 5.74) is -1.27. The molecule has 2 amide bonds. The van der Waals surface area contributed by atoms with Gasteiger partial charge in [0.1, 0.15) is 17.6 Å². The zero-order valence-corrected chi connectivity index (χ0v) is 19.8. The Morgan fingerprint density at radius 1 is 1.21 bits per heavy atom. The third-order valence-corrected chi connectivity index (χ3v) is 7.63. The van der Waals surface area contributed by atoms with E-state index in [0.29, 0.717) is 26.0 Å². The first-order valence-electron chi connectivity index (χ1n) is 12.3. The third kappa shape index (κ3) is 3.81. The van der Waals surface area contributed by atoms with Crippen molar-refractivity contribution in [3.8, 4) is 0 Å². The number of allylic oxidation sites excluding steroid dienone is 1. The Bertz CT molecular complexity index is 837. The summed E-state index contributed by atoms with van der Waals surface area (Å²) in [5, 5.41) is 10.1. The molecule has 2 unspecified atom stereocenters. The molecule has 4 rings (SSSR count). The minimum Gasteiger partial charge on any atom is -0.465 e. The third-order valence-electron chi connectivity index (χ3n) is 7.63. The van der Waals surface area contributed by atoms with Gasteiger partial charge in [-0.05, 0) is 32.6 Å². The Morgan fingerprint density at radius 3 is 2.70 bits per heavy atom. The van der Waals surface area contributed by atoms with Crippen molar-refractivity contribution in [1.29, 1.82) is 0 Å². The van der Waals surface area contributed by atoms with Crippen molar-refractivity contribution >= 4 is 17.8 Å². The Hall–Kier alpha value is -2.19. The topological polar surface area (TPSA) is 96.4 Å². The number of likely N-dealkylation sites (tertiary alicyclic amines) is 1. The molecule has 0 aromatic heterocycles. The van der Waals surface area contributed by atoms with Gasteiger partial charge < -0.3 is 24.4 Å². The number of ether oxygens (including phenoxy) is 2. The van der Waals surface area contributed by atoms with Gasteiger partial charge in [-0.3, -0.25) is 14.4 Å². The van der Waals surface area contributed by atoms with Gasteiger partial charge in [-0.1, -0.05) is 44.6 Å². The first kappa shape index (κ1) is 24.0. The average molecular weight is 461 g/mol. The molecule has 4 aliphatic rings. The van der Waals surface area contributed by atoms with E-state index in [-0.39, 0.29) is 24.5 Å². The maximum atomic E-state index is 14.0. The molecule has 8 heteroatoms.